The highest BCUT2D eigenvalue weighted by Gasteiger charge is 2.05. The van der Waals surface area contributed by atoms with Crippen LogP contribution in [0.3, 0.4) is 0 Å². The summed E-state index contributed by atoms with van der Waals surface area (Å²) in [6.07, 6.45) is 0. The lowest BCUT2D eigenvalue weighted by Crippen LogP contribution is -1.98. The Morgan fingerprint density at radius 3 is 2.67 bits per heavy atom. The van der Waals surface area contributed by atoms with Crippen LogP contribution in [-0.4, -0.2) is 0 Å². The van der Waals surface area contributed by atoms with Crippen molar-refractivity contribution in [1.82, 2.24) is 0 Å². The molecule has 0 atom stereocenters. The van der Waals surface area contributed by atoms with E-state index < -0.39 is 0 Å². The van der Waals surface area contributed by atoms with Gasteiger partial charge in [0.25, 0.3) is 0 Å². The molecule has 0 aliphatic heterocycles. The van der Waals surface area contributed by atoms with Crippen LogP contribution in [0.15, 0.2) is 42.5 Å². The van der Waals surface area contributed by atoms with Gasteiger partial charge in [0.05, 0.1) is 0 Å². The van der Waals surface area contributed by atoms with Gasteiger partial charge >= 0.3 is 0 Å². The molecule has 0 unspecified atom stereocenters. The third-order valence-electron chi connectivity index (χ3n) is 2.33. The Kier molecular flexibility index (Phi) is 3.05. The number of hydrogen-bond acceptors (Lipinski definition) is 1. The van der Waals surface area contributed by atoms with E-state index in [0.29, 0.717) is 6.54 Å². The fraction of sp³-hybridized carbons (Fsp3) is 0.0769. The summed E-state index contributed by atoms with van der Waals surface area (Å²) in [5, 5.41) is 0.749. The van der Waals surface area contributed by atoms with Gasteiger partial charge in [-0.15, -0.1) is 0 Å². The lowest BCUT2D eigenvalue weighted by molar-refractivity contribution is 1.07. The van der Waals surface area contributed by atoms with Crippen LogP contribution in [0.5, 0.6) is 0 Å². The highest BCUT2D eigenvalue weighted by molar-refractivity contribution is 6.33. The summed E-state index contributed by atoms with van der Waals surface area (Å²) in [6.45, 7) is 0.498. The van der Waals surface area contributed by atoms with Crippen molar-refractivity contribution in [3.8, 4) is 11.1 Å². The Morgan fingerprint density at radius 2 is 1.93 bits per heavy atom. The van der Waals surface area contributed by atoms with Crippen molar-refractivity contribution in [2.45, 2.75) is 6.54 Å². The van der Waals surface area contributed by atoms with Crippen LogP contribution < -0.4 is 5.73 Å². The van der Waals surface area contributed by atoms with Crippen molar-refractivity contribution in [2.75, 3.05) is 0 Å². The average molecular weight is 217 g/mol. The molecule has 2 aromatic carbocycles. The largest absolute Gasteiger partial charge is 0.326 e. The normalized spacial score (nSPS) is 10.3. The smallest absolute Gasteiger partial charge is 0.0484 e. The highest BCUT2D eigenvalue weighted by Crippen LogP contribution is 2.29. The minimum atomic E-state index is 0.498. The minimum Gasteiger partial charge on any atom is -0.326 e. The van der Waals surface area contributed by atoms with Crippen LogP contribution in [0.4, 0.5) is 0 Å². The Hall–Kier alpha value is -1.31. The molecule has 2 rings (SSSR count). The van der Waals surface area contributed by atoms with Crippen molar-refractivity contribution < 1.29 is 0 Å². The molecular formula is C13H11ClN. The lowest BCUT2D eigenvalue weighted by Gasteiger charge is -2.08. The lowest BCUT2D eigenvalue weighted by atomic mass is 10.00. The van der Waals surface area contributed by atoms with Gasteiger partial charge in [0, 0.05) is 17.1 Å². The van der Waals surface area contributed by atoms with Crippen molar-refractivity contribution in [2.24, 2.45) is 5.73 Å². The maximum absolute atomic E-state index is 6.14. The second-order valence-electron chi connectivity index (χ2n) is 3.27. The van der Waals surface area contributed by atoms with Gasteiger partial charge in [-0.3, -0.25) is 0 Å². The molecule has 0 aromatic heterocycles. The second kappa shape index (κ2) is 4.47. The molecule has 1 radical (unpaired) electrons. The summed E-state index contributed by atoms with van der Waals surface area (Å²) in [5.74, 6) is 0. The molecule has 2 N–H and O–H groups in total. The molecule has 0 saturated carbocycles. The van der Waals surface area contributed by atoms with Gasteiger partial charge in [0.2, 0.25) is 0 Å². The molecule has 75 valence electrons. The van der Waals surface area contributed by atoms with Gasteiger partial charge in [-0.1, -0.05) is 41.9 Å². The summed E-state index contributed by atoms with van der Waals surface area (Å²) in [4.78, 5) is 0. The molecule has 2 heteroatoms. The van der Waals surface area contributed by atoms with E-state index in [1.165, 1.54) is 0 Å². The van der Waals surface area contributed by atoms with E-state index in [2.05, 4.69) is 6.07 Å². The Labute approximate surface area is 94.5 Å². The standard InChI is InChI=1S/C13H11ClN/c14-13-8-4-3-7-12(13)11-6-2-1-5-10(11)9-15/h2-8H,9,15H2. The van der Waals surface area contributed by atoms with Crippen LogP contribution in [0.1, 0.15) is 5.56 Å². The van der Waals surface area contributed by atoms with Crippen molar-refractivity contribution in [1.29, 1.82) is 0 Å². The molecule has 0 bridgehead atoms. The maximum atomic E-state index is 6.14. The van der Waals surface area contributed by atoms with E-state index in [1.54, 1.807) is 0 Å². The van der Waals surface area contributed by atoms with Gasteiger partial charge in [-0.05, 0) is 29.3 Å². The Bertz CT molecular complexity index is 466. The first kappa shape index (κ1) is 10.2. The summed E-state index contributed by atoms with van der Waals surface area (Å²) in [5.41, 5.74) is 8.84. The third kappa shape index (κ3) is 2.04. The van der Waals surface area contributed by atoms with Crippen LogP contribution in [-0.2, 0) is 6.54 Å². The van der Waals surface area contributed by atoms with E-state index >= 15 is 0 Å². The number of hydrogen-bond donors (Lipinski definition) is 1. The molecule has 0 aliphatic rings. The van der Waals surface area contributed by atoms with Crippen LogP contribution in [0, 0.1) is 6.07 Å². The topological polar surface area (TPSA) is 26.0 Å². The molecule has 0 amide bonds. The van der Waals surface area contributed by atoms with Gasteiger partial charge in [-0.2, -0.15) is 0 Å². The van der Waals surface area contributed by atoms with E-state index in [9.17, 15) is 0 Å². The summed E-state index contributed by atoms with van der Waals surface area (Å²) in [7, 11) is 0. The van der Waals surface area contributed by atoms with Crippen molar-refractivity contribution in [3.63, 3.8) is 0 Å². The third-order valence-corrected chi connectivity index (χ3v) is 2.66. The molecule has 0 spiro atoms. The molecule has 1 nitrogen and oxygen atoms in total. The van der Waals surface area contributed by atoms with Crippen molar-refractivity contribution in [3.05, 3.63) is 59.1 Å². The SMILES string of the molecule is NCc1c[c]ccc1-c1ccccc1Cl. The zero-order valence-electron chi connectivity index (χ0n) is 8.20. The van der Waals surface area contributed by atoms with Crippen LogP contribution in [0.2, 0.25) is 5.02 Å². The number of halogens is 1. The van der Waals surface area contributed by atoms with E-state index in [-0.39, 0.29) is 0 Å². The highest BCUT2D eigenvalue weighted by atomic mass is 35.5. The fourth-order valence-corrected chi connectivity index (χ4v) is 1.81. The molecule has 0 fully saturated rings. The zero-order valence-corrected chi connectivity index (χ0v) is 8.96. The van der Waals surface area contributed by atoms with Gasteiger partial charge in [0.1, 0.15) is 0 Å². The molecule has 15 heavy (non-hydrogen) atoms. The quantitative estimate of drug-likeness (QED) is 0.820. The first-order chi connectivity index (χ1) is 7.33. The maximum Gasteiger partial charge on any atom is 0.0484 e. The number of benzene rings is 2. The van der Waals surface area contributed by atoms with Crippen LogP contribution in [0.25, 0.3) is 11.1 Å². The van der Waals surface area contributed by atoms with E-state index in [0.717, 1.165) is 21.7 Å². The molecule has 2 aromatic rings. The molecule has 0 saturated heterocycles. The van der Waals surface area contributed by atoms with E-state index in [1.807, 2.05) is 42.5 Å². The zero-order chi connectivity index (χ0) is 10.7. The van der Waals surface area contributed by atoms with Gasteiger partial charge in [0.15, 0.2) is 0 Å². The molecule has 0 aliphatic carbocycles. The van der Waals surface area contributed by atoms with Gasteiger partial charge in [-0.25, -0.2) is 0 Å². The fourth-order valence-electron chi connectivity index (χ4n) is 1.58. The minimum absolute atomic E-state index is 0.498. The second-order valence-corrected chi connectivity index (χ2v) is 3.67. The summed E-state index contributed by atoms with van der Waals surface area (Å²) < 4.78 is 0. The molecular weight excluding hydrogens is 206 g/mol. The van der Waals surface area contributed by atoms with Crippen molar-refractivity contribution >= 4 is 11.6 Å². The average Bonchev–Trinajstić information content (AvgIpc) is 2.30. The number of nitrogens with two attached hydrogens (primary N) is 1. The first-order valence-electron chi connectivity index (χ1n) is 4.77. The predicted octanol–water partition coefficient (Wildman–Crippen LogP) is 3.27. The summed E-state index contributed by atoms with van der Waals surface area (Å²) >= 11 is 6.14. The monoisotopic (exact) mass is 216 g/mol. The predicted molar refractivity (Wildman–Crippen MR) is 63.6 cm³/mol. The first-order valence-corrected chi connectivity index (χ1v) is 5.14. The van der Waals surface area contributed by atoms with E-state index in [4.69, 9.17) is 17.3 Å². The van der Waals surface area contributed by atoms with Gasteiger partial charge < -0.3 is 5.73 Å². The molecule has 0 heterocycles. The Balaban J connectivity index is 2.59. The number of rotatable bonds is 2. The van der Waals surface area contributed by atoms with Crippen LogP contribution >= 0.6 is 11.6 Å². The summed E-state index contributed by atoms with van der Waals surface area (Å²) in [6, 6.07) is 16.6. The Morgan fingerprint density at radius 1 is 1.13 bits per heavy atom.